The SMILES string of the molecule is C=CNC(=O)CC1CC1. The molecule has 0 atom stereocenters. The molecular weight excluding hydrogens is 114 g/mol. The maximum absolute atomic E-state index is 10.7. The van der Waals surface area contributed by atoms with Gasteiger partial charge in [0.1, 0.15) is 0 Å². The zero-order chi connectivity index (χ0) is 6.69. The van der Waals surface area contributed by atoms with Gasteiger partial charge in [-0.25, -0.2) is 0 Å². The van der Waals surface area contributed by atoms with Crippen molar-refractivity contribution in [3.05, 3.63) is 12.8 Å². The molecule has 0 radical (unpaired) electrons. The highest BCUT2D eigenvalue weighted by molar-refractivity contribution is 5.77. The number of amides is 1. The van der Waals surface area contributed by atoms with Crippen LogP contribution >= 0.6 is 0 Å². The second-order valence-corrected chi connectivity index (χ2v) is 2.42. The van der Waals surface area contributed by atoms with Gasteiger partial charge >= 0.3 is 0 Å². The number of nitrogens with one attached hydrogen (secondary N) is 1. The van der Waals surface area contributed by atoms with Crippen molar-refractivity contribution < 1.29 is 4.79 Å². The van der Waals surface area contributed by atoms with Crippen LogP contribution < -0.4 is 5.32 Å². The summed E-state index contributed by atoms with van der Waals surface area (Å²) >= 11 is 0. The molecule has 0 unspecified atom stereocenters. The highest BCUT2D eigenvalue weighted by atomic mass is 16.1. The fraction of sp³-hybridized carbons (Fsp3) is 0.571. The van der Waals surface area contributed by atoms with Crippen LogP contribution in [-0.2, 0) is 4.79 Å². The molecule has 1 saturated carbocycles. The molecule has 2 heteroatoms. The van der Waals surface area contributed by atoms with Crippen LogP contribution in [0, 0.1) is 5.92 Å². The molecule has 0 spiro atoms. The number of carbonyl (C=O) groups is 1. The van der Waals surface area contributed by atoms with Gasteiger partial charge in [-0.15, -0.1) is 0 Å². The van der Waals surface area contributed by atoms with E-state index in [1.165, 1.54) is 19.0 Å². The number of rotatable bonds is 3. The lowest BCUT2D eigenvalue weighted by atomic mass is 10.3. The lowest BCUT2D eigenvalue weighted by molar-refractivity contribution is -0.120. The average Bonchev–Trinajstić information content (AvgIpc) is 2.50. The van der Waals surface area contributed by atoms with Crippen molar-refractivity contribution in [2.45, 2.75) is 19.3 Å². The second-order valence-electron chi connectivity index (χ2n) is 2.42. The second kappa shape index (κ2) is 2.67. The van der Waals surface area contributed by atoms with E-state index in [-0.39, 0.29) is 5.91 Å². The fourth-order valence-electron chi connectivity index (χ4n) is 0.757. The predicted octanol–water partition coefficient (Wildman–Crippen LogP) is 1.05. The third-order valence-corrected chi connectivity index (χ3v) is 1.43. The van der Waals surface area contributed by atoms with Crippen molar-refractivity contribution in [1.82, 2.24) is 5.32 Å². The van der Waals surface area contributed by atoms with E-state index in [1.807, 2.05) is 0 Å². The summed E-state index contributed by atoms with van der Waals surface area (Å²) in [6.45, 7) is 3.40. The van der Waals surface area contributed by atoms with Crippen molar-refractivity contribution in [1.29, 1.82) is 0 Å². The lowest BCUT2D eigenvalue weighted by Gasteiger charge is -1.94. The summed E-state index contributed by atoms with van der Waals surface area (Å²) in [4.78, 5) is 10.7. The van der Waals surface area contributed by atoms with Gasteiger partial charge in [-0.05, 0) is 25.0 Å². The molecule has 0 aliphatic heterocycles. The third kappa shape index (κ3) is 2.31. The lowest BCUT2D eigenvalue weighted by Crippen LogP contribution is -2.16. The molecule has 50 valence electrons. The smallest absolute Gasteiger partial charge is 0.224 e. The van der Waals surface area contributed by atoms with Crippen LogP contribution in [0.15, 0.2) is 12.8 Å². The normalized spacial score (nSPS) is 16.9. The zero-order valence-corrected chi connectivity index (χ0v) is 5.39. The quantitative estimate of drug-likeness (QED) is 0.600. The average molecular weight is 125 g/mol. The number of hydrogen-bond donors (Lipinski definition) is 1. The van der Waals surface area contributed by atoms with E-state index in [1.54, 1.807) is 0 Å². The van der Waals surface area contributed by atoms with Gasteiger partial charge in [0.2, 0.25) is 5.91 Å². The molecule has 0 aromatic heterocycles. The maximum Gasteiger partial charge on any atom is 0.224 e. The molecule has 0 aromatic rings. The van der Waals surface area contributed by atoms with Crippen LogP contribution in [-0.4, -0.2) is 5.91 Å². The Morgan fingerprint density at radius 1 is 1.78 bits per heavy atom. The van der Waals surface area contributed by atoms with Crippen LogP contribution in [0.2, 0.25) is 0 Å². The van der Waals surface area contributed by atoms with Gasteiger partial charge in [0.25, 0.3) is 0 Å². The van der Waals surface area contributed by atoms with Crippen LogP contribution in [0.3, 0.4) is 0 Å². The minimum Gasteiger partial charge on any atom is -0.333 e. The summed E-state index contributed by atoms with van der Waals surface area (Å²) in [6.07, 6.45) is 4.58. The Morgan fingerprint density at radius 2 is 2.44 bits per heavy atom. The maximum atomic E-state index is 10.7. The van der Waals surface area contributed by atoms with E-state index in [2.05, 4.69) is 11.9 Å². The molecule has 2 nitrogen and oxygen atoms in total. The van der Waals surface area contributed by atoms with Crippen molar-refractivity contribution >= 4 is 5.91 Å². The van der Waals surface area contributed by atoms with Gasteiger partial charge < -0.3 is 5.32 Å². The molecule has 1 aliphatic rings. The molecule has 0 heterocycles. The highest BCUT2D eigenvalue weighted by Crippen LogP contribution is 2.31. The summed E-state index contributed by atoms with van der Waals surface area (Å²) in [7, 11) is 0. The van der Waals surface area contributed by atoms with Gasteiger partial charge in [0, 0.05) is 6.42 Å². The predicted molar refractivity (Wildman–Crippen MR) is 35.7 cm³/mol. The zero-order valence-electron chi connectivity index (χ0n) is 5.39. The fourth-order valence-corrected chi connectivity index (χ4v) is 0.757. The van der Waals surface area contributed by atoms with Gasteiger partial charge in [0.05, 0.1) is 0 Å². The topological polar surface area (TPSA) is 29.1 Å². The first-order valence-electron chi connectivity index (χ1n) is 3.23. The molecule has 1 rings (SSSR count). The van der Waals surface area contributed by atoms with E-state index in [0.717, 1.165) is 0 Å². The molecular formula is C7H11NO. The van der Waals surface area contributed by atoms with Gasteiger partial charge in [-0.1, -0.05) is 6.58 Å². The number of hydrogen-bond acceptors (Lipinski definition) is 1. The molecule has 1 amide bonds. The van der Waals surface area contributed by atoms with E-state index in [0.29, 0.717) is 12.3 Å². The molecule has 0 aromatic carbocycles. The Labute approximate surface area is 54.9 Å². The third-order valence-electron chi connectivity index (χ3n) is 1.43. The molecule has 1 fully saturated rings. The first kappa shape index (κ1) is 6.33. The molecule has 0 bridgehead atoms. The Morgan fingerprint density at radius 3 is 2.89 bits per heavy atom. The van der Waals surface area contributed by atoms with Crippen LogP contribution in [0.5, 0.6) is 0 Å². The van der Waals surface area contributed by atoms with Crippen LogP contribution in [0.4, 0.5) is 0 Å². The van der Waals surface area contributed by atoms with Crippen LogP contribution in [0.1, 0.15) is 19.3 Å². The highest BCUT2D eigenvalue weighted by Gasteiger charge is 2.23. The molecule has 1 N–H and O–H groups in total. The standard InChI is InChI=1S/C7H11NO/c1-2-8-7(9)5-6-3-4-6/h2,6H,1,3-5H2,(H,8,9). The van der Waals surface area contributed by atoms with E-state index >= 15 is 0 Å². The van der Waals surface area contributed by atoms with Crippen molar-refractivity contribution in [3.8, 4) is 0 Å². The monoisotopic (exact) mass is 125 g/mol. The molecule has 0 saturated heterocycles. The van der Waals surface area contributed by atoms with E-state index in [9.17, 15) is 4.79 Å². The van der Waals surface area contributed by atoms with Crippen LogP contribution in [0.25, 0.3) is 0 Å². The van der Waals surface area contributed by atoms with E-state index in [4.69, 9.17) is 0 Å². The van der Waals surface area contributed by atoms with Crippen molar-refractivity contribution in [3.63, 3.8) is 0 Å². The Balaban J connectivity index is 2.09. The summed E-state index contributed by atoms with van der Waals surface area (Å²) in [5.74, 6) is 0.775. The summed E-state index contributed by atoms with van der Waals surface area (Å²) in [5.41, 5.74) is 0. The Kier molecular flexibility index (Phi) is 1.88. The minimum absolute atomic E-state index is 0.104. The molecule has 1 aliphatic carbocycles. The summed E-state index contributed by atoms with van der Waals surface area (Å²) in [6, 6.07) is 0. The van der Waals surface area contributed by atoms with Crippen molar-refractivity contribution in [2.75, 3.05) is 0 Å². The van der Waals surface area contributed by atoms with Gasteiger partial charge in [-0.2, -0.15) is 0 Å². The number of carbonyl (C=O) groups excluding carboxylic acids is 1. The summed E-state index contributed by atoms with van der Waals surface area (Å²) in [5, 5.41) is 2.54. The minimum atomic E-state index is 0.104. The first-order chi connectivity index (χ1) is 4.33. The summed E-state index contributed by atoms with van der Waals surface area (Å²) < 4.78 is 0. The Bertz CT molecular complexity index is 127. The van der Waals surface area contributed by atoms with Gasteiger partial charge in [-0.3, -0.25) is 4.79 Å². The van der Waals surface area contributed by atoms with Gasteiger partial charge in [0.15, 0.2) is 0 Å². The largest absolute Gasteiger partial charge is 0.333 e. The van der Waals surface area contributed by atoms with E-state index < -0.39 is 0 Å². The Hall–Kier alpha value is -0.790. The molecule has 9 heavy (non-hydrogen) atoms. The first-order valence-corrected chi connectivity index (χ1v) is 3.23. The van der Waals surface area contributed by atoms with Crippen molar-refractivity contribution in [2.24, 2.45) is 5.92 Å².